The van der Waals surface area contributed by atoms with E-state index in [-0.39, 0.29) is 27.6 Å². The number of aromatic hydroxyl groups is 1. The highest BCUT2D eigenvalue weighted by atomic mass is 16.3. The molecule has 12 aromatic rings. The van der Waals surface area contributed by atoms with Crippen molar-refractivity contribution >= 4 is 102 Å². The lowest BCUT2D eigenvalue weighted by atomic mass is 9.65. The fourth-order valence-electron chi connectivity index (χ4n) is 10.6. The highest BCUT2D eigenvalue weighted by molar-refractivity contribution is 6.61. The molecule has 1 N–H and O–H groups in total. The van der Waals surface area contributed by atoms with E-state index in [1.54, 1.807) is 0 Å². The smallest absolute Gasteiger partial charge is 0.238 e. The molecule has 0 amide bonds. The van der Waals surface area contributed by atoms with Crippen LogP contribution in [0, 0.1) is 0 Å². The van der Waals surface area contributed by atoms with Crippen molar-refractivity contribution in [2.24, 2.45) is 0 Å². The number of allylic oxidation sites excluding steroid dienone is 4. The fourth-order valence-corrected chi connectivity index (χ4v) is 10.6. The standard InChI is InChI=1S/C63H39B4N5O/c64-54-53(55(65)57(67)60(73)56(54)66)49-36-44(38-16-6-2-7-17-38)32-35-52(49)71-50-22-12-10-20-45(50)47-33-34-48-46-21-11-13-23-51(46)72(59(48)58(47)71)63-69-61(42-18-8-3-9-19-42)68-62(70-63)43-30-28-41(29-31-43)40-26-24-39(25-27-40)37-14-4-1-5-15-37/h1-2,4-8,10-36,73H,3,9H2. The van der Waals surface area contributed by atoms with Crippen LogP contribution >= 0.6 is 0 Å². The van der Waals surface area contributed by atoms with Gasteiger partial charge in [0.1, 0.15) is 31.4 Å². The molecule has 0 atom stereocenters. The Kier molecular flexibility index (Phi) is 10.7. The van der Waals surface area contributed by atoms with E-state index < -0.39 is 0 Å². The Hall–Kier alpha value is -8.87. The van der Waals surface area contributed by atoms with Gasteiger partial charge in [0.2, 0.25) is 5.95 Å². The van der Waals surface area contributed by atoms with Crippen molar-refractivity contribution < 1.29 is 5.11 Å². The summed E-state index contributed by atoms with van der Waals surface area (Å²) in [5.41, 5.74) is 14.0. The molecule has 3 heterocycles. The summed E-state index contributed by atoms with van der Waals surface area (Å²) in [6.45, 7) is 0. The Labute approximate surface area is 427 Å². The van der Waals surface area contributed by atoms with Gasteiger partial charge in [0.05, 0.1) is 33.5 Å². The zero-order valence-corrected chi connectivity index (χ0v) is 39.5. The van der Waals surface area contributed by atoms with E-state index >= 15 is 0 Å². The Bertz CT molecular complexity index is 4210. The lowest BCUT2D eigenvalue weighted by Gasteiger charge is -2.23. The van der Waals surface area contributed by atoms with Crippen molar-refractivity contribution in [1.29, 1.82) is 0 Å². The molecule has 8 radical (unpaired) electrons. The maximum atomic E-state index is 11.0. The molecule has 1 aliphatic rings. The first-order chi connectivity index (χ1) is 35.8. The lowest BCUT2D eigenvalue weighted by Crippen LogP contribution is -2.42. The normalized spacial score (nSPS) is 12.6. The summed E-state index contributed by atoms with van der Waals surface area (Å²) in [5, 5.41) is 15.1. The summed E-state index contributed by atoms with van der Waals surface area (Å²) in [6, 6.07) is 65.1. The van der Waals surface area contributed by atoms with E-state index in [1.807, 2.05) is 30.3 Å². The van der Waals surface area contributed by atoms with Crippen molar-refractivity contribution in [3.8, 4) is 73.3 Å². The van der Waals surface area contributed by atoms with Crippen LogP contribution in [0.25, 0.3) is 117 Å². The summed E-state index contributed by atoms with van der Waals surface area (Å²) in [7, 11) is 26.8. The predicted octanol–water partition coefficient (Wildman–Crippen LogP) is 11.0. The average Bonchev–Trinajstić information content (AvgIpc) is 3.98. The van der Waals surface area contributed by atoms with Crippen LogP contribution in [0.4, 0.5) is 0 Å². The van der Waals surface area contributed by atoms with Gasteiger partial charge in [-0.3, -0.25) is 4.57 Å². The van der Waals surface area contributed by atoms with Crippen LogP contribution in [-0.2, 0) is 0 Å². The molecule has 0 aliphatic heterocycles. The van der Waals surface area contributed by atoms with Gasteiger partial charge >= 0.3 is 0 Å². The van der Waals surface area contributed by atoms with Crippen LogP contribution in [0.5, 0.6) is 5.75 Å². The van der Waals surface area contributed by atoms with Crippen molar-refractivity contribution in [2.75, 3.05) is 0 Å². The highest BCUT2D eigenvalue weighted by Crippen LogP contribution is 2.44. The number of phenolic OH excluding ortho intramolecular Hbond substituents is 1. The van der Waals surface area contributed by atoms with E-state index in [2.05, 4.69) is 185 Å². The molecule has 0 saturated carbocycles. The monoisotopic (exact) mass is 925 g/mol. The van der Waals surface area contributed by atoms with Gasteiger partial charge in [0.15, 0.2) is 11.6 Å². The number of rotatable bonds is 8. The zero-order valence-electron chi connectivity index (χ0n) is 39.5. The second kappa shape index (κ2) is 17.8. The molecule has 334 valence electrons. The first-order valence-electron chi connectivity index (χ1n) is 24.3. The molecule has 6 nitrogen and oxygen atoms in total. The molecule has 0 spiro atoms. The molecule has 0 unspecified atom stereocenters. The highest BCUT2D eigenvalue weighted by Gasteiger charge is 2.26. The van der Waals surface area contributed by atoms with Gasteiger partial charge in [-0.25, -0.2) is 4.98 Å². The minimum Gasteiger partial charge on any atom is -0.509 e. The summed E-state index contributed by atoms with van der Waals surface area (Å²) in [4.78, 5) is 16.0. The first kappa shape index (κ1) is 44.1. The van der Waals surface area contributed by atoms with Crippen molar-refractivity contribution in [3.05, 3.63) is 212 Å². The summed E-state index contributed by atoms with van der Waals surface area (Å²) in [6.07, 6.45) is 8.32. The third-order valence-electron chi connectivity index (χ3n) is 14.3. The molecular formula is C63H39B4N5O. The van der Waals surface area contributed by atoms with Gasteiger partial charge in [0.25, 0.3) is 0 Å². The first-order valence-corrected chi connectivity index (χ1v) is 24.3. The number of benzene rings is 9. The Morgan fingerprint density at radius 1 is 0.411 bits per heavy atom. The molecule has 0 saturated heterocycles. The molecule has 9 aromatic carbocycles. The SMILES string of the molecule is [B]c1c([B])c(-c2cc(-c3ccccc3)ccc2-n2c3ccccc3c3ccc4c5ccccc5n(-c5nc(C6=CCCC=C6)nc(-c6ccc(-c7ccc(-c8ccccc8)cc7)cc6)n5)c4c32)c([B])c([B])c1O. The summed E-state index contributed by atoms with van der Waals surface area (Å²) >= 11 is 0. The minimum atomic E-state index is -0.344. The Morgan fingerprint density at radius 2 is 0.890 bits per heavy atom. The number of hydrogen-bond acceptors (Lipinski definition) is 4. The summed E-state index contributed by atoms with van der Waals surface area (Å²) in [5.74, 6) is 1.27. The Balaban J connectivity index is 1.07. The van der Waals surface area contributed by atoms with Crippen LogP contribution in [-0.4, -0.2) is 60.6 Å². The molecule has 3 aromatic heterocycles. The third-order valence-corrected chi connectivity index (χ3v) is 14.3. The molecule has 13 rings (SSSR count). The van der Waals surface area contributed by atoms with Gasteiger partial charge in [0, 0.05) is 38.2 Å². The Morgan fingerprint density at radius 3 is 1.47 bits per heavy atom. The van der Waals surface area contributed by atoms with Gasteiger partial charge in [-0.1, -0.05) is 204 Å². The quantitative estimate of drug-likeness (QED) is 0.154. The van der Waals surface area contributed by atoms with Gasteiger partial charge in [-0.15, -0.1) is 0 Å². The van der Waals surface area contributed by atoms with Crippen LogP contribution in [0.1, 0.15) is 18.7 Å². The van der Waals surface area contributed by atoms with E-state index in [4.69, 9.17) is 46.3 Å². The molecular weight excluding hydrogens is 886 g/mol. The minimum absolute atomic E-state index is 0.0426. The maximum absolute atomic E-state index is 11.0. The van der Waals surface area contributed by atoms with Crippen molar-refractivity contribution in [2.45, 2.75) is 12.8 Å². The zero-order chi connectivity index (χ0) is 49.3. The van der Waals surface area contributed by atoms with Crippen LogP contribution in [0.3, 0.4) is 0 Å². The molecule has 1 aliphatic carbocycles. The second-order valence-corrected chi connectivity index (χ2v) is 18.5. The number of hydrogen-bond donors (Lipinski definition) is 1. The number of fused-ring (bicyclic) bond motifs is 7. The van der Waals surface area contributed by atoms with E-state index in [0.717, 1.165) is 95.5 Å². The molecule has 0 bridgehead atoms. The van der Waals surface area contributed by atoms with Crippen LogP contribution in [0.2, 0.25) is 0 Å². The average molecular weight is 925 g/mol. The van der Waals surface area contributed by atoms with Gasteiger partial charge in [-0.05, 0) is 76.1 Å². The topological polar surface area (TPSA) is 68.8 Å². The van der Waals surface area contributed by atoms with E-state index in [0.29, 0.717) is 28.7 Å². The second-order valence-electron chi connectivity index (χ2n) is 18.5. The number of aromatic nitrogens is 5. The lowest BCUT2D eigenvalue weighted by molar-refractivity contribution is 0.484. The molecule has 73 heavy (non-hydrogen) atoms. The summed E-state index contributed by atoms with van der Waals surface area (Å²) < 4.78 is 4.45. The molecule has 10 heteroatoms. The number of phenols is 1. The molecule has 0 fully saturated rings. The van der Waals surface area contributed by atoms with E-state index in [1.165, 1.54) is 11.1 Å². The van der Waals surface area contributed by atoms with Crippen molar-refractivity contribution in [3.63, 3.8) is 0 Å². The van der Waals surface area contributed by atoms with Crippen LogP contribution < -0.4 is 21.9 Å². The number of para-hydroxylation sites is 2. The largest absolute Gasteiger partial charge is 0.509 e. The van der Waals surface area contributed by atoms with E-state index in [9.17, 15) is 5.11 Å². The van der Waals surface area contributed by atoms with Crippen LogP contribution in [0.15, 0.2) is 206 Å². The fraction of sp³-hybridized carbons (Fsp3) is 0.0317. The maximum Gasteiger partial charge on any atom is 0.238 e. The number of nitrogens with zero attached hydrogens (tertiary/aromatic N) is 5. The van der Waals surface area contributed by atoms with Gasteiger partial charge < -0.3 is 9.67 Å². The third kappa shape index (κ3) is 7.35. The van der Waals surface area contributed by atoms with Crippen molar-refractivity contribution in [1.82, 2.24) is 24.1 Å². The van der Waals surface area contributed by atoms with Gasteiger partial charge in [-0.2, -0.15) is 9.97 Å². The predicted molar refractivity (Wildman–Crippen MR) is 305 cm³/mol.